The summed E-state index contributed by atoms with van der Waals surface area (Å²) in [4.78, 5) is 16.4. The largest absolute Gasteiger partial charge is 0.493 e. The summed E-state index contributed by atoms with van der Waals surface area (Å²) in [5.74, 6) is 0.852. The number of ether oxygens (including phenoxy) is 3. The molecule has 5 nitrogen and oxygen atoms in total. The summed E-state index contributed by atoms with van der Waals surface area (Å²) in [5.41, 5.74) is 2.09. The SMILES string of the molecule is CCOc1cc(/C=C(\C(=O)OC)c2nc(C)cs2)ccc1OC. The molecule has 0 radical (unpaired) electrons. The van der Waals surface area contributed by atoms with Crippen molar-refractivity contribution in [1.82, 2.24) is 4.98 Å². The lowest BCUT2D eigenvalue weighted by Gasteiger charge is -2.10. The molecule has 0 saturated carbocycles. The molecule has 2 aromatic rings. The molecule has 0 saturated heterocycles. The van der Waals surface area contributed by atoms with Crippen LogP contribution in [0.5, 0.6) is 11.5 Å². The molecule has 0 bridgehead atoms. The summed E-state index contributed by atoms with van der Waals surface area (Å²) < 4.78 is 15.7. The number of rotatable bonds is 6. The second kappa shape index (κ2) is 7.78. The van der Waals surface area contributed by atoms with Crippen molar-refractivity contribution < 1.29 is 19.0 Å². The molecule has 0 aliphatic carbocycles. The Balaban J connectivity index is 2.46. The predicted molar refractivity (Wildman–Crippen MR) is 90.9 cm³/mol. The van der Waals surface area contributed by atoms with E-state index in [-0.39, 0.29) is 0 Å². The number of carbonyl (C=O) groups is 1. The van der Waals surface area contributed by atoms with Gasteiger partial charge in [-0.25, -0.2) is 9.78 Å². The first-order valence-corrected chi connectivity index (χ1v) is 8.00. The van der Waals surface area contributed by atoms with Gasteiger partial charge in [0, 0.05) is 11.1 Å². The number of hydrogen-bond acceptors (Lipinski definition) is 6. The van der Waals surface area contributed by atoms with Gasteiger partial charge in [0.25, 0.3) is 0 Å². The number of benzene rings is 1. The molecule has 0 unspecified atom stereocenters. The lowest BCUT2D eigenvalue weighted by molar-refractivity contribution is -0.133. The number of nitrogens with zero attached hydrogens (tertiary/aromatic N) is 1. The molecule has 0 aliphatic rings. The second-order valence-corrected chi connectivity index (χ2v) is 5.55. The zero-order valence-electron chi connectivity index (χ0n) is 13.6. The maximum atomic E-state index is 12.1. The third-order valence-electron chi connectivity index (χ3n) is 3.05. The van der Waals surface area contributed by atoms with Gasteiger partial charge in [-0.05, 0) is 37.6 Å². The smallest absolute Gasteiger partial charge is 0.340 e. The molecule has 1 heterocycles. The van der Waals surface area contributed by atoms with Gasteiger partial charge in [0.1, 0.15) is 5.01 Å². The van der Waals surface area contributed by atoms with Crippen LogP contribution in [0.3, 0.4) is 0 Å². The van der Waals surface area contributed by atoms with Crippen LogP contribution >= 0.6 is 11.3 Å². The predicted octanol–water partition coefficient (Wildman–Crippen LogP) is 3.57. The van der Waals surface area contributed by atoms with Crippen LogP contribution in [0.1, 0.15) is 23.2 Å². The van der Waals surface area contributed by atoms with Gasteiger partial charge in [0.05, 0.1) is 26.4 Å². The van der Waals surface area contributed by atoms with Crippen molar-refractivity contribution in [2.75, 3.05) is 20.8 Å². The number of carbonyl (C=O) groups excluding carboxylic acids is 1. The summed E-state index contributed by atoms with van der Waals surface area (Å²) in [5, 5.41) is 2.52. The third-order valence-corrected chi connectivity index (χ3v) is 4.05. The number of aromatic nitrogens is 1. The van der Waals surface area contributed by atoms with Gasteiger partial charge in [0.15, 0.2) is 11.5 Å². The van der Waals surface area contributed by atoms with Crippen molar-refractivity contribution in [1.29, 1.82) is 0 Å². The zero-order valence-corrected chi connectivity index (χ0v) is 14.4. The minimum absolute atomic E-state index is 0.415. The average molecular weight is 333 g/mol. The Hall–Kier alpha value is -2.34. The number of thiazole rings is 1. The molecule has 0 atom stereocenters. The molecule has 23 heavy (non-hydrogen) atoms. The van der Waals surface area contributed by atoms with E-state index in [1.165, 1.54) is 18.4 Å². The van der Waals surface area contributed by atoms with Gasteiger partial charge in [0.2, 0.25) is 0 Å². The molecule has 2 rings (SSSR count). The summed E-state index contributed by atoms with van der Waals surface area (Å²) in [6, 6.07) is 5.48. The Morgan fingerprint density at radius 3 is 2.65 bits per heavy atom. The van der Waals surface area contributed by atoms with Gasteiger partial charge in [-0.1, -0.05) is 6.07 Å². The van der Waals surface area contributed by atoms with Crippen molar-refractivity contribution in [2.24, 2.45) is 0 Å². The Bertz CT molecular complexity index is 721. The first-order valence-electron chi connectivity index (χ1n) is 7.12. The average Bonchev–Trinajstić information content (AvgIpc) is 2.98. The fraction of sp³-hybridized carbons (Fsp3) is 0.294. The third kappa shape index (κ3) is 4.10. The van der Waals surface area contributed by atoms with E-state index < -0.39 is 5.97 Å². The van der Waals surface area contributed by atoms with E-state index >= 15 is 0 Å². The molecule has 122 valence electrons. The normalized spacial score (nSPS) is 11.2. The van der Waals surface area contributed by atoms with Gasteiger partial charge < -0.3 is 14.2 Å². The summed E-state index contributed by atoms with van der Waals surface area (Å²) >= 11 is 1.41. The van der Waals surface area contributed by atoms with Crippen molar-refractivity contribution in [3.63, 3.8) is 0 Å². The van der Waals surface area contributed by atoms with E-state index in [9.17, 15) is 4.79 Å². The second-order valence-electron chi connectivity index (χ2n) is 4.69. The van der Waals surface area contributed by atoms with Gasteiger partial charge in [-0.3, -0.25) is 0 Å². The van der Waals surface area contributed by atoms with E-state index in [4.69, 9.17) is 14.2 Å². The zero-order chi connectivity index (χ0) is 16.8. The van der Waals surface area contributed by atoms with Crippen LogP contribution in [0, 0.1) is 6.92 Å². The van der Waals surface area contributed by atoms with Crippen LogP contribution in [0.25, 0.3) is 11.6 Å². The minimum Gasteiger partial charge on any atom is -0.493 e. The van der Waals surface area contributed by atoms with Crippen LogP contribution in [0.4, 0.5) is 0 Å². The molecule has 1 aromatic heterocycles. The Morgan fingerprint density at radius 1 is 1.30 bits per heavy atom. The van der Waals surface area contributed by atoms with Crippen LogP contribution in [-0.2, 0) is 9.53 Å². The summed E-state index contributed by atoms with van der Waals surface area (Å²) in [6.07, 6.45) is 1.74. The quantitative estimate of drug-likeness (QED) is 0.597. The van der Waals surface area contributed by atoms with Gasteiger partial charge in [-0.2, -0.15) is 0 Å². The topological polar surface area (TPSA) is 57.7 Å². The van der Waals surface area contributed by atoms with Crippen molar-refractivity contribution in [3.8, 4) is 11.5 Å². The summed E-state index contributed by atoms with van der Waals surface area (Å²) in [6.45, 7) is 4.31. The number of aryl methyl sites for hydroxylation is 1. The van der Waals surface area contributed by atoms with Crippen LogP contribution in [0.2, 0.25) is 0 Å². The highest BCUT2D eigenvalue weighted by molar-refractivity contribution is 7.11. The molecule has 0 aliphatic heterocycles. The first-order chi connectivity index (χ1) is 11.1. The fourth-order valence-electron chi connectivity index (χ4n) is 2.01. The molecule has 1 aromatic carbocycles. The van der Waals surface area contributed by atoms with Crippen molar-refractivity contribution in [2.45, 2.75) is 13.8 Å². The van der Waals surface area contributed by atoms with Gasteiger partial charge >= 0.3 is 5.97 Å². The minimum atomic E-state index is -0.423. The maximum absolute atomic E-state index is 12.1. The van der Waals surface area contributed by atoms with Crippen molar-refractivity contribution >= 4 is 29.0 Å². The van der Waals surface area contributed by atoms with Gasteiger partial charge in [-0.15, -0.1) is 11.3 Å². The first kappa shape index (κ1) is 17.0. The van der Waals surface area contributed by atoms with Crippen LogP contribution in [-0.4, -0.2) is 31.8 Å². The van der Waals surface area contributed by atoms with E-state index in [1.807, 2.05) is 31.4 Å². The number of hydrogen-bond donors (Lipinski definition) is 0. The van der Waals surface area contributed by atoms with E-state index in [0.29, 0.717) is 28.7 Å². The van der Waals surface area contributed by atoms with Crippen LogP contribution in [0.15, 0.2) is 23.6 Å². The maximum Gasteiger partial charge on any atom is 0.340 e. The highest BCUT2D eigenvalue weighted by Gasteiger charge is 2.16. The number of esters is 1. The number of methoxy groups -OCH3 is 2. The van der Waals surface area contributed by atoms with E-state index in [0.717, 1.165) is 11.3 Å². The fourth-order valence-corrected chi connectivity index (χ4v) is 2.81. The molecule has 0 N–H and O–H groups in total. The molecule has 0 amide bonds. The Morgan fingerprint density at radius 2 is 2.09 bits per heavy atom. The van der Waals surface area contributed by atoms with Crippen LogP contribution < -0.4 is 9.47 Å². The Kier molecular flexibility index (Phi) is 5.76. The monoisotopic (exact) mass is 333 g/mol. The molecular weight excluding hydrogens is 314 g/mol. The lowest BCUT2D eigenvalue weighted by atomic mass is 10.1. The van der Waals surface area contributed by atoms with Crippen molar-refractivity contribution in [3.05, 3.63) is 39.8 Å². The standard InChI is InChI=1S/C17H19NO4S/c1-5-22-15-9-12(6-7-14(15)20-3)8-13(17(19)21-4)16-18-11(2)10-23-16/h6-10H,5H2,1-4H3/b13-8-. The molecular formula is C17H19NO4S. The molecule has 6 heteroatoms. The van der Waals surface area contributed by atoms with E-state index in [1.54, 1.807) is 19.3 Å². The molecule has 0 fully saturated rings. The summed E-state index contributed by atoms with van der Waals surface area (Å²) in [7, 11) is 2.95. The highest BCUT2D eigenvalue weighted by Crippen LogP contribution is 2.30. The molecule has 0 spiro atoms. The Labute approximate surface area is 139 Å². The highest BCUT2D eigenvalue weighted by atomic mass is 32.1. The van der Waals surface area contributed by atoms with E-state index in [2.05, 4.69) is 4.98 Å². The lowest BCUT2D eigenvalue weighted by Crippen LogP contribution is -2.04.